The van der Waals surface area contributed by atoms with Crippen LogP contribution in [0.5, 0.6) is 11.5 Å². The lowest BCUT2D eigenvalue weighted by molar-refractivity contribution is 0.202. The molecule has 0 saturated carbocycles. The van der Waals surface area contributed by atoms with Crippen molar-refractivity contribution in [3.63, 3.8) is 0 Å². The maximum Gasteiger partial charge on any atom is 0.164 e. The van der Waals surface area contributed by atoms with Gasteiger partial charge in [0, 0.05) is 5.56 Å². The predicted molar refractivity (Wildman–Crippen MR) is 60.8 cm³/mol. The number of ether oxygens (including phenoxy) is 2. The van der Waals surface area contributed by atoms with Crippen LogP contribution in [-0.4, -0.2) is 13.7 Å². The summed E-state index contributed by atoms with van der Waals surface area (Å²) in [6, 6.07) is 4.24. The zero-order valence-electron chi connectivity index (χ0n) is 9.83. The molecule has 0 saturated heterocycles. The van der Waals surface area contributed by atoms with E-state index in [-0.39, 0.29) is 0 Å². The lowest BCUT2D eigenvalue weighted by Gasteiger charge is -2.30. The number of hydrogen-bond donors (Lipinski definition) is 0. The summed E-state index contributed by atoms with van der Waals surface area (Å²) in [6.45, 7) is 7.36. The van der Waals surface area contributed by atoms with E-state index < -0.39 is 0 Å². The summed E-state index contributed by atoms with van der Waals surface area (Å²) in [5, 5.41) is 0. The predicted octanol–water partition coefficient (Wildman–Crippen LogP) is 3.14. The van der Waals surface area contributed by atoms with Gasteiger partial charge in [-0.05, 0) is 30.4 Å². The van der Waals surface area contributed by atoms with Crippen molar-refractivity contribution in [3.8, 4) is 11.5 Å². The molecule has 82 valence electrons. The summed E-state index contributed by atoms with van der Waals surface area (Å²) < 4.78 is 11.1. The molecule has 2 atom stereocenters. The molecule has 0 spiro atoms. The molecule has 1 aromatic rings. The number of aryl methyl sites for hydroxylation is 1. The topological polar surface area (TPSA) is 18.5 Å². The molecule has 0 N–H and O–H groups in total. The van der Waals surface area contributed by atoms with E-state index in [1.165, 1.54) is 11.1 Å². The lowest BCUT2D eigenvalue weighted by Crippen LogP contribution is -2.22. The molecule has 0 radical (unpaired) electrons. The highest BCUT2D eigenvalue weighted by atomic mass is 16.5. The Balaban J connectivity index is 2.53. The van der Waals surface area contributed by atoms with Crippen molar-refractivity contribution in [1.82, 2.24) is 0 Å². The van der Waals surface area contributed by atoms with Gasteiger partial charge >= 0.3 is 0 Å². The molecule has 0 fully saturated rings. The number of methoxy groups -OCH3 is 1. The van der Waals surface area contributed by atoms with Gasteiger partial charge in [0.2, 0.25) is 0 Å². The molecular formula is C13H18O2. The highest BCUT2D eigenvalue weighted by Gasteiger charge is 2.26. The Labute approximate surface area is 91.2 Å². The van der Waals surface area contributed by atoms with Gasteiger partial charge in [-0.1, -0.05) is 19.9 Å². The number of hydrogen-bond acceptors (Lipinski definition) is 2. The van der Waals surface area contributed by atoms with E-state index in [9.17, 15) is 0 Å². The second-order valence-corrected chi connectivity index (χ2v) is 4.46. The minimum absolute atomic E-state index is 0.544. The Morgan fingerprint density at radius 3 is 2.73 bits per heavy atom. The van der Waals surface area contributed by atoms with Crippen LogP contribution >= 0.6 is 0 Å². The van der Waals surface area contributed by atoms with Gasteiger partial charge in [0.05, 0.1) is 13.7 Å². The summed E-state index contributed by atoms with van der Waals surface area (Å²) in [5.74, 6) is 2.92. The fraction of sp³-hybridized carbons (Fsp3) is 0.538. The van der Waals surface area contributed by atoms with Crippen molar-refractivity contribution >= 4 is 0 Å². The first-order chi connectivity index (χ1) is 7.13. The molecule has 1 aliphatic heterocycles. The van der Waals surface area contributed by atoms with Gasteiger partial charge in [-0.2, -0.15) is 0 Å². The molecule has 0 aliphatic carbocycles. The van der Waals surface area contributed by atoms with E-state index in [2.05, 4.69) is 26.8 Å². The van der Waals surface area contributed by atoms with Crippen LogP contribution in [0.4, 0.5) is 0 Å². The Kier molecular flexibility index (Phi) is 2.59. The van der Waals surface area contributed by atoms with E-state index in [1.807, 2.05) is 6.07 Å². The van der Waals surface area contributed by atoms with E-state index in [0.717, 1.165) is 18.1 Å². The molecule has 1 aliphatic rings. The fourth-order valence-electron chi connectivity index (χ4n) is 2.08. The zero-order valence-corrected chi connectivity index (χ0v) is 9.83. The van der Waals surface area contributed by atoms with Crippen LogP contribution in [0.15, 0.2) is 12.1 Å². The summed E-state index contributed by atoms with van der Waals surface area (Å²) in [7, 11) is 1.70. The molecule has 1 heterocycles. The van der Waals surface area contributed by atoms with Gasteiger partial charge in [0.1, 0.15) is 0 Å². The van der Waals surface area contributed by atoms with Crippen molar-refractivity contribution in [1.29, 1.82) is 0 Å². The maximum atomic E-state index is 5.76. The molecule has 2 nitrogen and oxygen atoms in total. The molecular weight excluding hydrogens is 188 g/mol. The SMILES string of the molecule is COc1cc(C)cc2c1OCC(C)C2C. The molecule has 2 heteroatoms. The second-order valence-electron chi connectivity index (χ2n) is 4.46. The highest BCUT2D eigenvalue weighted by molar-refractivity contribution is 5.51. The average Bonchev–Trinajstić information content (AvgIpc) is 2.23. The normalized spacial score (nSPS) is 24.3. The second kappa shape index (κ2) is 3.76. The molecule has 0 bridgehead atoms. The van der Waals surface area contributed by atoms with Crippen molar-refractivity contribution in [2.24, 2.45) is 5.92 Å². The first-order valence-electron chi connectivity index (χ1n) is 5.44. The van der Waals surface area contributed by atoms with Crippen molar-refractivity contribution in [3.05, 3.63) is 23.3 Å². The van der Waals surface area contributed by atoms with Crippen LogP contribution in [0.25, 0.3) is 0 Å². The molecule has 0 amide bonds. The number of benzene rings is 1. The van der Waals surface area contributed by atoms with E-state index >= 15 is 0 Å². The minimum atomic E-state index is 0.544. The van der Waals surface area contributed by atoms with Crippen LogP contribution in [0.1, 0.15) is 30.9 Å². The molecule has 1 aromatic carbocycles. The Hall–Kier alpha value is -1.18. The molecule has 0 aromatic heterocycles. The van der Waals surface area contributed by atoms with Crippen LogP contribution < -0.4 is 9.47 Å². The smallest absolute Gasteiger partial charge is 0.164 e. The summed E-state index contributed by atoms with van der Waals surface area (Å²) in [5.41, 5.74) is 2.51. The third-order valence-electron chi connectivity index (χ3n) is 3.28. The van der Waals surface area contributed by atoms with Gasteiger partial charge in [0.15, 0.2) is 11.5 Å². The van der Waals surface area contributed by atoms with Crippen LogP contribution in [-0.2, 0) is 0 Å². The summed E-state index contributed by atoms with van der Waals surface area (Å²) >= 11 is 0. The standard InChI is InChI=1S/C13H18O2/c1-8-5-11-10(3)9(2)7-15-13(11)12(6-8)14-4/h5-6,9-10H,7H2,1-4H3. The first kappa shape index (κ1) is 10.3. The first-order valence-corrected chi connectivity index (χ1v) is 5.44. The third kappa shape index (κ3) is 1.69. The van der Waals surface area contributed by atoms with Gasteiger partial charge in [0.25, 0.3) is 0 Å². The quantitative estimate of drug-likeness (QED) is 0.702. The Morgan fingerprint density at radius 2 is 2.07 bits per heavy atom. The summed E-state index contributed by atoms with van der Waals surface area (Å²) in [4.78, 5) is 0. The van der Waals surface area contributed by atoms with Gasteiger partial charge in [-0.25, -0.2) is 0 Å². The molecule has 2 rings (SSSR count). The van der Waals surface area contributed by atoms with E-state index in [4.69, 9.17) is 9.47 Å². The van der Waals surface area contributed by atoms with E-state index in [0.29, 0.717) is 11.8 Å². The largest absolute Gasteiger partial charge is 0.493 e. The average molecular weight is 206 g/mol. The maximum absolute atomic E-state index is 5.76. The monoisotopic (exact) mass is 206 g/mol. The molecule has 2 unspecified atom stereocenters. The van der Waals surface area contributed by atoms with Crippen LogP contribution in [0.2, 0.25) is 0 Å². The minimum Gasteiger partial charge on any atom is -0.493 e. The van der Waals surface area contributed by atoms with Gasteiger partial charge < -0.3 is 9.47 Å². The third-order valence-corrected chi connectivity index (χ3v) is 3.28. The molecule has 15 heavy (non-hydrogen) atoms. The highest BCUT2D eigenvalue weighted by Crippen LogP contribution is 2.43. The summed E-state index contributed by atoms with van der Waals surface area (Å²) in [6.07, 6.45) is 0. The van der Waals surface area contributed by atoms with Crippen molar-refractivity contribution in [2.75, 3.05) is 13.7 Å². The lowest BCUT2D eigenvalue weighted by atomic mass is 9.86. The van der Waals surface area contributed by atoms with E-state index in [1.54, 1.807) is 7.11 Å². The van der Waals surface area contributed by atoms with Crippen molar-refractivity contribution in [2.45, 2.75) is 26.7 Å². The Bertz CT molecular complexity index is 371. The van der Waals surface area contributed by atoms with Crippen LogP contribution in [0, 0.1) is 12.8 Å². The Morgan fingerprint density at radius 1 is 1.33 bits per heavy atom. The van der Waals surface area contributed by atoms with Crippen molar-refractivity contribution < 1.29 is 9.47 Å². The number of fused-ring (bicyclic) bond motifs is 1. The van der Waals surface area contributed by atoms with Gasteiger partial charge in [-0.3, -0.25) is 0 Å². The van der Waals surface area contributed by atoms with Gasteiger partial charge in [-0.15, -0.1) is 0 Å². The fourth-order valence-corrected chi connectivity index (χ4v) is 2.08. The van der Waals surface area contributed by atoms with Crippen LogP contribution in [0.3, 0.4) is 0 Å². The number of rotatable bonds is 1. The zero-order chi connectivity index (χ0) is 11.0.